The van der Waals surface area contributed by atoms with Crippen LogP contribution in [-0.4, -0.2) is 43.0 Å². The Bertz CT molecular complexity index is 235. The maximum atomic E-state index is 13.4. The molecule has 2 unspecified atom stereocenters. The van der Waals surface area contributed by atoms with Gasteiger partial charge in [0.15, 0.2) is 0 Å². The summed E-state index contributed by atoms with van der Waals surface area (Å²) in [4.78, 5) is 2.03. The quantitative estimate of drug-likeness (QED) is 0.743. The van der Waals surface area contributed by atoms with Gasteiger partial charge in [-0.3, -0.25) is 4.90 Å². The summed E-state index contributed by atoms with van der Waals surface area (Å²) in [5.41, 5.74) is 0. The van der Waals surface area contributed by atoms with Crippen molar-refractivity contribution < 1.29 is 8.78 Å². The molecule has 0 bridgehead atoms. The molecule has 0 aliphatic carbocycles. The van der Waals surface area contributed by atoms with Gasteiger partial charge < -0.3 is 5.32 Å². The predicted molar refractivity (Wildman–Crippen MR) is 60.7 cm³/mol. The van der Waals surface area contributed by atoms with E-state index in [4.69, 9.17) is 0 Å². The smallest absolute Gasteiger partial charge is 0.260 e. The van der Waals surface area contributed by atoms with Crippen LogP contribution in [0.4, 0.5) is 8.78 Å². The number of alkyl halides is 2. The van der Waals surface area contributed by atoms with Gasteiger partial charge in [-0.15, -0.1) is 0 Å². The Kier molecular flexibility index (Phi) is 3.50. The lowest BCUT2D eigenvalue weighted by molar-refractivity contribution is -0.0898. The molecule has 2 aliphatic rings. The minimum absolute atomic E-state index is 0.0354. The molecule has 94 valence electrons. The lowest BCUT2D eigenvalue weighted by Crippen LogP contribution is -2.57. The molecule has 2 aliphatic heterocycles. The first-order valence-corrected chi connectivity index (χ1v) is 6.32. The summed E-state index contributed by atoms with van der Waals surface area (Å²) in [6.07, 6.45) is 0.702. The van der Waals surface area contributed by atoms with Gasteiger partial charge in [0.25, 0.3) is 5.92 Å². The first kappa shape index (κ1) is 12.2. The van der Waals surface area contributed by atoms with E-state index < -0.39 is 5.92 Å². The Morgan fingerprint density at radius 2 is 1.81 bits per heavy atom. The highest BCUT2D eigenvalue weighted by molar-refractivity contribution is 4.91. The second kappa shape index (κ2) is 4.57. The number of nitrogens with zero attached hydrogens (tertiary/aromatic N) is 1. The van der Waals surface area contributed by atoms with E-state index in [2.05, 4.69) is 19.2 Å². The van der Waals surface area contributed by atoms with Gasteiger partial charge in [-0.05, 0) is 37.9 Å². The first-order chi connectivity index (χ1) is 7.49. The Balaban J connectivity index is 2.04. The number of halogens is 2. The molecule has 0 saturated carbocycles. The number of hydrogen-bond acceptors (Lipinski definition) is 2. The molecule has 0 spiro atoms. The van der Waals surface area contributed by atoms with Crippen LogP contribution < -0.4 is 5.32 Å². The van der Waals surface area contributed by atoms with Crippen molar-refractivity contribution in [1.82, 2.24) is 10.2 Å². The SMILES string of the molecule is CC1CNCC(C)C1N1CCCC(F)(F)C1. The summed E-state index contributed by atoms with van der Waals surface area (Å²) >= 11 is 0. The zero-order chi connectivity index (χ0) is 11.8. The highest BCUT2D eigenvalue weighted by Crippen LogP contribution is 2.32. The predicted octanol–water partition coefficient (Wildman–Crippen LogP) is 1.96. The number of hydrogen-bond donors (Lipinski definition) is 1. The summed E-state index contributed by atoms with van der Waals surface area (Å²) in [6.45, 7) is 7.05. The molecule has 4 heteroatoms. The number of piperidine rings is 2. The van der Waals surface area contributed by atoms with Crippen LogP contribution in [0.1, 0.15) is 26.7 Å². The molecule has 0 aromatic carbocycles. The number of likely N-dealkylation sites (tertiary alicyclic amines) is 1. The van der Waals surface area contributed by atoms with E-state index in [0.717, 1.165) is 19.6 Å². The Morgan fingerprint density at radius 3 is 2.38 bits per heavy atom. The number of nitrogens with one attached hydrogen (secondary N) is 1. The van der Waals surface area contributed by atoms with Gasteiger partial charge in [0, 0.05) is 12.5 Å². The lowest BCUT2D eigenvalue weighted by atomic mass is 9.84. The normalized spacial score (nSPS) is 40.9. The second-order valence-corrected chi connectivity index (χ2v) is 5.53. The van der Waals surface area contributed by atoms with Crippen LogP contribution in [-0.2, 0) is 0 Å². The Hall–Kier alpha value is -0.220. The van der Waals surface area contributed by atoms with Crippen LogP contribution in [0.25, 0.3) is 0 Å². The molecule has 2 atom stereocenters. The zero-order valence-corrected chi connectivity index (χ0v) is 10.2. The molecular formula is C12H22F2N2. The third-order valence-electron chi connectivity index (χ3n) is 3.94. The van der Waals surface area contributed by atoms with Crippen molar-refractivity contribution >= 4 is 0 Å². The largest absolute Gasteiger partial charge is 0.316 e. The molecule has 0 aromatic heterocycles. The molecule has 1 N–H and O–H groups in total. The highest BCUT2D eigenvalue weighted by Gasteiger charge is 2.41. The van der Waals surface area contributed by atoms with Crippen molar-refractivity contribution in [3.8, 4) is 0 Å². The van der Waals surface area contributed by atoms with Gasteiger partial charge in [-0.1, -0.05) is 13.8 Å². The van der Waals surface area contributed by atoms with Gasteiger partial charge in [-0.2, -0.15) is 0 Å². The monoisotopic (exact) mass is 232 g/mol. The van der Waals surface area contributed by atoms with E-state index in [-0.39, 0.29) is 13.0 Å². The summed E-state index contributed by atoms with van der Waals surface area (Å²) in [5.74, 6) is -1.53. The Labute approximate surface area is 96.4 Å². The molecule has 0 amide bonds. The molecule has 0 radical (unpaired) electrons. The number of rotatable bonds is 1. The summed E-state index contributed by atoms with van der Waals surface area (Å²) in [5, 5.41) is 3.36. The van der Waals surface area contributed by atoms with E-state index in [1.165, 1.54) is 0 Å². The lowest BCUT2D eigenvalue weighted by Gasteiger charge is -2.46. The fourth-order valence-electron chi connectivity index (χ4n) is 3.31. The van der Waals surface area contributed by atoms with E-state index in [1.54, 1.807) is 0 Å². The Morgan fingerprint density at radius 1 is 1.19 bits per heavy atom. The van der Waals surface area contributed by atoms with Crippen LogP contribution >= 0.6 is 0 Å². The maximum Gasteiger partial charge on any atom is 0.260 e. The van der Waals surface area contributed by atoms with Crippen molar-refractivity contribution in [2.75, 3.05) is 26.2 Å². The summed E-state index contributed by atoms with van der Waals surface area (Å²) in [7, 11) is 0. The van der Waals surface area contributed by atoms with Gasteiger partial charge in [0.05, 0.1) is 6.54 Å². The van der Waals surface area contributed by atoms with Gasteiger partial charge in [-0.25, -0.2) is 8.78 Å². The molecule has 2 fully saturated rings. The average Bonchev–Trinajstić information content (AvgIpc) is 2.15. The minimum Gasteiger partial charge on any atom is -0.316 e. The van der Waals surface area contributed by atoms with Crippen molar-refractivity contribution in [1.29, 1.82) is 0 Å². The van der Waals surface area contributed by atoms with Crippen LogP contribution in [0.5, 0.6) is 0 Å². The zero-order valence-electron chi connectivity index (χ0n) is 10.2. The molecule has 2 saturated heterocycles. The summed E-state index contributed by atoms with van der Waals surface area (Å²) in [6, 6.07) is 0.326. The van der Waals surface area contributed by atoms with Crippen LogP contribution in [0.2, 0.25) is 0 Å². The molecule has 2 rings (SSSR count). The van der Waals surface area contributed by atoms with E-state index >= 15 is 0 Å². The summed E-state index contributed by atoms with van der Waals surface area (Å²) < 4.78 is 26.8. The first-order valence-electron chi connectivity index (χ1n) is 6.32. The second-order valence-electron chi connectivity index (χ2n) is 5.53. The highest BCUT2D eigenvalue weighted by atomic mass is 19.3. The van der Waals surface area contributed by atoms with Crippen LogP contribution in [0.15, 0.2) is 0 Å². The fraction of sp³-hybridized carbons (Fsp3) is 1.00. The average molecular weight is 232 g/mol. The van der Waals surface area contributed by atoms with Crippen molar-refractivity contribution in [3.63, 3.8) is 0 Å². The van der Waals surface area contributed by atoms with Crippen molar-refractivity contribution in [2.45, 2.75) is 38.7 Å². The van der Waals surface area contributed by atoms with Crippen LogP contribution in [0, 0.1) is 11.8 Å². The topological polar surface area (TPSA) is 15.3 Å². The van der Waals surface area contributed by atoms with Crippen molar-refractivity contribution in [3.05, 3.63) is 0 Å². The molecule has 16 heavy (non-hydrogen) atoms. The van der Waals surface area contributed by atoms with Gasteiger partial charge >= 0.3 is 0 Å². The van der Waals surface area contributed by atoms with E-state index in [1.807, 2.05) is 4.90 Å². The van der Waals surface area contributed by atoms with Crippen LogP contribution in [0.3, 0.4) is 0 Å². The standard InChI is InChI=1S/C12H22F2N2/c1-9-6-15-7-10(2)11(9)16-5-3-4-12(13,14)8-16/h9-11,15H,3-8H2,1-2H3. The fourth-order valence-corrected chi connectivity index (χ4v) is 3.31. The van der Waals surface area contributed by atoms with E-state index in [9.17, 15) is 8.78 Å². The maximum absolute atomic E-state index is 13.4. The third kappa shape index (κ3) is 2.54. The molecule has 2 heterocycles. The third-order valence-corrected chi connectivity index (χ3v) is 3.94. The molecular weight excluding hydrogens is 210 g/mol. The molecule has 2 nitrogen and oxygen atoms in total. The minimum atomic E-state index is -2.47. The molecule has 0 aromatic rings. The van der Waals surface area contributed by atoms with Crippen molar-refractivity contribution in [2.24, 2.45) is 11.8 Å². The van der Waals surface area contributed by atoms with E-state index in [0.29, 0.717) is 24.3 Å². The van der Waals surface area contributed by atoms with Gasteiger partial charge in [0.2, 0.25) is 0 Å². The van der Waals surface area contributed by atoms with Gasteiger partial charge in [0.1, 0.15) is 0 Å².